The van der Waals surface area contributed by atoms with Crippen LogP contribution in [0.1, 0.15) is 29.6 Å². The van der Waals surface area contributed by atoms with Crippen LogP contribution in [-0.4, -0.2) is 40.8 Å². The fraction of sp³-hybridized carbons (Fsp3) is 0.538. The van der Waals surface area contributed by atoms with Gasteiger partial charge < -0.3 is 9.64 Å². The molecular weight excluding hydrogens is 296 g/mol. The number of ether oxygens (including phenoxy) is 1. The maximum atomic E-state index is 12.5. The highest BCUT2D eigenvalue weighted by Crippen LogP contribution is 2.23. The minimum Gasteiger partial charge on any atom is -0.480 e. The number of pyridine rings is 1. The van der Waals surface area contributed by atoms with Crippen molar-refractivity contribution in [1.29, 1.82) is 0 Å². The van der Waals surface area contributed by atoms with E-state index in [1.165, 1.54) is 13.5 Å². The van der Waals surface area contributed by atoms with Gasteiger partial charge in [-0.1, -0.05) is 15.9 Å². The average Bonchev–Trinajstić information content (AvgIpc) is 2.46. The number of aromatic nitrogens is 1. The van der Waals surface area contributed by atoms with Crippen LogP contribution in [0.3, 0.4) is 0 Å². The van der Waals surface area contributed by atoms with Crippen LogP contribution in [0.5, 0.6) is 5.88 Å². The number of likely N-dealkylation sites (tertiary alicyclic amines) is 1. The topological polar surface area (TPSA) is 42.4 Å². The van der Waals surface area contributed by atoms with Gasteiger partial charge in [-0.15, -0.1) is 0 Å². The lowest BCUT2D eigenvalue weighted by Crippen LogP contribution is -2.44. The minimum atomic E-state index is 0.0177. The van der Waals surface area contributed by atoms with Gasteiger partial charge >= 0.3 is 0 Å². The summed E-state index contributed by atoms with van der Waals surface area (Å²) in [5.41, 5.74) is 0.549. The zero-order chi connectivity index (χ0) is 13.0. The predicted molar refractivity (Wildman–Crippen MR) is 73.3 cm³/mol. The lowest BCUT2D eigenvalue weighted by Gasteiger charge is -2.34. The number of halogens is 1. The summed E-state index contributed by atoms with van der Waals surface area (Å²) < 4.78 is 5.16. The van der Waals surface area contributed by atoms with Crippen LogP contribution in [-0.2, 0) is 0 Å². The molecule has 1 aromatic heterocycles. The third kappa shape index (κ3) is 2.66. The van der Waals surface area contributed by atoms with Gasteiger partial charge in [0, 0.05) is 24.1 Å². The lowest BCUT2D eigenvalue weighted by molar-refractivity contribution is 0.0637. The van der Waals surface area contributed by atoms with Gasteiger partial charge in [-0.2, -0.15) is 0 Å². The Hall–Kier alpha value is -1.10. The quantitative estimate of drug-likeness (QED) is 0.805. The first-order valence-electron chi connectivity index (χ1n) is 6.14. The number of alkyl halides is 1. The maximum absolute atomic E-state index is 12.5. The molecule has 1 aliphatic rings. The lowest BCUT2D eigenvalue weighted by atomic mass is 10.0. The van der Waals surface area contributed by atoms with Crippen molar-refractivity contribution in [1.82, 2.24) is 9.88 Å². The van der Waals surface area contributed by atoms with Gasteiger partial charge in [0.15, 0.2) is 0 Å². The van der Waals surface area contributed by atoms with E-state index in [1.54, 1.807) is 18.3 Å². The van der Waals surface area contributed by atoms with Gasteiger partial charge in [-0.25, -0.2) is 4.98 Å². The number of amides is 1. The predicted octanol–water partition coefficient (Wildman–Crippen LogP) is 2.48. The van der Waals surface area contributed by atoms with Gasteiger partial charge in [0.25, 0.3) is 5.91 Å². The number of hydrogen-bond acceptors (Lipinski definition) is 3. The van der Waals surface area contributed by atoms with Crippen molar-refractivity contribution >= 4 is 21.8 Å². The Labute approximate surface area is 115 Å². The fourth-order valence-electron chi connectivity index (χ4n) is 2.30. The van der Waals surface area contributed by atoms with Crippen molar-refractivity contribution in [2.45, 2.75) is 25.3 Å². The van der Waals surface area contributed by atoms with Gasteiger partial charge in [-0.05, 0) is 31.4 Å². The normalized spacial score (nSPS) is 19.7. The van der Waals surface area contributed by atoms with Crippen LogP contribution in [0, 0.1) is 0 Å². The third-order valence-corrected chi connectivity index (χ3v) is 4.01. The van der Waals surface area contributed by atoms with E-state index < -0.39 is 0 Å². The number of nitrogens with zero attached hydrogens (tertiary/aromatic N) is 2. The zero-order valence-corrected chi connectivity index (χ0v) is 12.0. The van der Waals surface area contributed by atoms with E-state index in [4.69, 9.17) is 4.74 Å². The number of carbonyl (C=O) groups excluding carboxylic acids is 1. The maximum Gasteiger partial charge on any atom is 0.259 e. The first-order valence-corrected chi connectivity index (χ1v) is 7.26. The molecule has 1 amide bonds. The molecule has 0 spiro atoms. The Morgan fingerprint density at radius 2 is 2.44 bits per heavy atom. The van der Waals surface area contributed by atoms with Gasteiger partial charge in [0.05, 0.1) is 7.11 Å². The molecule has 0 aliphatic carbocycles. The molecule has 2 heterocycles. The molecule has 1 fully saturated rings. The Morgan fingerprint density at radius 1 is 1.61 bits per heavy atom. The molecule has 1 aliphatic heterocycles. The molecule has 98 valence electrons. The molecule has 0 aromatic carbocycles. The summed E-state index contributed by atoms with van der Waals surface area (Å²) in [6.07, 6.45) is 4.94. The van der Waals surface area contributed by atoms with E-state index >= 15 is 0 Å². The largest absolute Gasteiger partial charge is 0.480 e. The van der Waals surface area contributed by atoms with E-state index in [0.717, 1.165) is 24.7 Å². The molecule has 1 saturated heterocycles. The SMILES string of the molecule is COc1ncccc1C(=O)N1CCCCC1CBr. The van der Waals surface area contributed by atoms with Crippen LogP contribution in [0.4, 0.5) is 0 Å². The van der Waals surface area contributed by atoms with Crippen molar-refractivity contribution in [2.75, 3.05) is 19.0 Å². The number of piperidine rings is 1. The molecule has 0 bridgehead atoms. The molecule has 0 saturated carbocycles. The second kappa shape index (κ2) is 6.18. The summed E-state index contributed by atoms with van der Waals surface area (Å²) in [4.78, 5) is 18.5. The van der Waals surface area contributed by atoms with Crippen LogP contribution >= 0.6 is 15.9 Å². The molecule has 2 rings (SSSR count). The van der Waals surface area contributed by atoms with Crippen molar-refractivity contribution in [3.05, 3.63) is 23.9 Å². The minimum absolute atomic E-state index is 0.0177. The zero-order valence-electron chi connectivity index (χ0n) is 10.4. The third-order valence-electron chi connectivity index (χ3n) is 3.26. The van der Waals surface area contributed by atoms with Crippen molar-refractivity contribution in [3.63, 3.8) is 0 Å². The molecule has 1 atom stereocenters. The first kappa shape index (κ1) is 13.3. The first-order chi connectivity index (χ1) is 8.77. The van der Waals surface area contributed by atoms with Gasteiger partial charge in [0.1, 0.15) is 5.56 Å². The van der Waals surface area contributed by atoms with E-state index in [-0.39, 0.29) is 11.9 Å². The van der Waals surface area contributed by atoms with E-state index in [2.05, 4.69) is 20.9 Å². The van der Waals surface area contributed by atoms with Crippen LogP contribution in [0.2, 0.25) is 0 Å². The van der Waals surface area contributed by atoms with Gasteiger partial charge in [0.2, 0.25) is 5.88 Å². The number of hydrogen-bond donors (Lipinski definition) is 0. The van der Waals surface area contributed by atoms with E-state index in [9.17, 15) is 4.79 Å². The average molecular weight is 313 g/mol. The summed E-state index contributed by atoms with van der Waals surface area (Å²) in [6, 6.07) is 3.81. The Kier molecular flexibility index (Phi) is 4.58. The van der Waals surface area contributed by atoms with Crippen molar-refractivity contribution in [3.8, 4) is 5.88 Å². The van der Waals surface area contributed by atoms with E-state index in [0.29, 0.717) is 11.4 Å². The molecule has 5 heteroatoms. The summed E-state index contributed by atoms with van der Waals surface area (Å²) in [5.74, 6) is 0.422. The van der Waals surface area contributed by atoms with Gasteiger partial charge in [-0.3, -0.25) is 4.79 Å². The molecule has 4 nitrogen and oxygen atoms in total. The summed E-state index contributed by atoms with van der Waals surface area (Å²) in [6.45, 7) is 0.813. The molecule has 1 aromatic rings. The summed E-state index contributed by atoms with van der Waals surface area (Å²) in [7, 11) is 1.54. The molecule has 1 unspecified atom stereocenters. The second-order valence-corrected chi connectivity index (χ2v) is 5.01. The van der Waals surface area contributed by atoms with Crippen molar-refractivity contribution in [2.24, 2.45) is 0 Å². The standard InChI is InChI=1S/C13H17BrN2O2/c1-18-12-11(6-4-7-15-12)13(17)16-8-3-2-5-10(16)9-14/h4,6-7,10H,2-3,5,8-9H2,1H3. The van der Waals surface area contributed by atoms with E-state index in [1.807, 2.05) is 4.90 Å². The highest BCUT2D eigenvalue weighted by atomic mass is 79.9. The summed E-state index contributed by atoms with van der Waals surface area (Å²) in [5, 5.41) is 0.821. The van der Waals surface area contributed by atoms with Crippen LogP contribution in [0.15, 0.2) is 18.3 Å². The summed E-state index contributed by atoms with van der Waals surface area (Å²) >= 11 is 3.49. The highest BCUT2D eigenvalue weighted by molar-refractivity contribution is 9.09. The second-order valence-electron chi connectivity index (χ2n) is 4.36. The fourth-order valence-corrected chi connectivity index (χ4v) is 2.97. The molecule has 0 N–H and O–H groups in total. The monoisotopic (exact) mass is 312 g/mol. The Balaban J connectivity index is 2.24. The molecular formula is C13H17BrN2O2. The smallest absolute Gasteiger partial charge is 0.259 e. The Morgan fingerprint density at radius 3 is 3.17 bits per heavy atom. The van der Waals surface area contributed by atoms with Crippen LogP contribution in [0.25, 0.3) is 0 Å². The number of carbonyl (C=O) groups is 1. The van der Waals surface area contributed by atoms with Crippen molar-refractivity contribution < 1.29 is 9.53 Å². The molecule has 18 heavy (non-hydrogen) atoms. The number of rotatable bonds is 3. The highest BCUT2D eigenvalue weighted by Gasteiger charge is 2.28. The molecule has 0 radical (unpaired) electrons. The Bertz CT molecular complexity index is 425. The number of methoxy groups -OCH3 is 1. The van der Waals surface area contributed by atoms with Crippen LogP contribution < -0.4 is 4.74 Å².